The van der Waals surface area contributed by atoms with Gasteiger partial charge in [-0.25, -0.2) is 15.0 Å². The highest BCUT2D eigenvalue weighted by molar-refractivity contribution is 5.86. The summed E-state index contributed by atoms with van der Waals surface area (Å²) >= 11 is 0. The molecule has 0 saturated heterocycles. The number of anilines is 2. The van der Waals surface area contributed by atoms with Gasteiger partial charge in [0, 0.05) is 23.7 Å². The lowest BCUT2D eigenvalue weighted by Gasteiger charge is -2.15. The van der Waals surface area contributed by atoms with E-state index in [9.17, 15) is 0 Å². The fourth-order valence-electron chi connectivity index (χ4n) is 5.90. The van der Waals surface area contributed by atoms with Crippen LogP contribution in [0.1, 0.15) is 63.0 Å². The molecule has 6 heteroatoms. The average molecular weight is 441 g/mol. The Bertz CT molecular complexity index is 1270. The lowest BCUT2D eigenvalue weighted by molar-refractivity contribution is 0.461. The van der Waals surface area contributed by atoms with Crippen LogP contribution in [0.2, 0.25) is 0 Å². The number of hydrogen-bond acceptors (Lipinski definition) is 5. The number of aromatic nitrogens is 4. The normalized spacial score (nSPS) is 21.3. The molecule has 6 nitrogen and oxygen atoms in total. The van der Waals surface area contributed by atoms with Crippen LogP contribution in [0.25, 0.3) is 21.9 Å². The summed E-state index contributed by atoms with van der Waals surface area (Å²) in [4.78, 5) is 13.5. The summed E-state index contributed by atoms with van der Waals surface area (Å²) in [6, 6.07) is 14.3. The number of nitrogens with one attached hydrogen (secondary N) is 1. The largest absolute Gasteiger partial charge is 0.383 e. The molecule has 0 aliphatic heterocycles. The Morgan fingerprint density at radius 2 is 1.88 bits per heavy atom. The van der Waals surface area contributed by atoms with E-state index in [-0.39, 0.29) is 0 Å². The van der Waals surface area contributed by atoms with Gasteiger partial charge in [-0.15, -0.1) is 0 Å². The zero-order valence-electron chi connectivity index (χ0n) is 19.1. The number of fused-ring (bicyclic) bond motifs is 2. The molecule has 6 rings (SSSR count). The van der Waals surface area contributed by atoms with Crippen molar-refractivity contribution in [2.45, 2.75) is 69.9 Å². The second-order valence-electron chi connectivity index (χ2n) is 9.94. The zero-order valence-corrected chi connectivity index (χ0v) is 19.1. The lowest BCUT2D eigenvalue weighted by atomic mass is 9.97. The molecule has 2 fully saturated rings. The van der Waals surface area contributed by atoms with Gasteiger partial charge in [0.15, 0.2) is 0 Å². The third kappa shape index (κ3) is 4.14. The van der Waals surface area contributed by atoms with Crippen molar-refractivity contribution in [2.24, 2.45) is 5.92 Å². The van der Waals surface area contributed by atoms with Crippen LogP contribution in [0.3, 0.4) is 0 Å². The van der Waals surface area contributed by atoms with Gasteiger partial charge in [-0.1, -0.05) is 25.0 Å². The van der Waals surface area contributed by atoms with Crippen molar-refractivity contribution in [3.05, 3.63) is 54.5 Å². The van der Waals surface area contributed by atoms with Gasteiger partial charge in [0.1, 0.15) is 23.6 Å². The Kier molecular flexibility index (Phi) is 5.36. The fraction of sp³-hybridized carbons (Fsp3) is 0.444. The van der Waals surface area contributed by atoms with Gasteiger partial charge in [0.25, 0.3) is 0 Å². The minimum absolute atomic E-state index is 0.504. The van der Waals surface area contributed by atoms with Gasteiger partial charge < -0.3 is 15.6 Å². The molecule has 3 N–H and O–H groups in total. The summed E-state index contributed by atoms with van der Waals surface area (Å²) < 4.78 is 2.31. The molecule has 0 spiro atoms. The van der Waals surface area contributed by atoms with E-state index in [0.717, 1.165) is 34.7 Å². The van der Waals surface area contributed by atoms with E-state index in [1.54, 1.807) is 6.33 Å². The van der Waals surface area contributed by atoms with Crippen LogP contribution in [0.4, 0.5) is 11.6 Å². The first-order valence-corrected chi connectivity index (χ1v) is 12.5. The summed E-state index contributed by atoms with van der Waals surface area (Å²) in [7, 11) is 0. The highest BCUT2D eigenvalue weighted by Gasteiger charge is 2.27. The Morgan fingerprint density at radius 3 is 2.79 bits per heavy atom. The molecule has 3 aromatic heterocycles. The Morgan fingerprint density at radius 1 is 1.00 bits per heavy atom. The average Bonchev–Trinajstić information content (AvgIpc) is 3.59. The molecule has 0 amide bonds. The first kappa shape index (κ1) is 20.5. The smallest absolute Gasteiger partial charge is 0.145 e. The van der Waals surface area contributed by atoms with Crippen molar-refractivity contribution in [1.82, 2.24) is 19.5 Å². The van der Waals surface area contributed by atoms with Gasteiger partial charge in [0.2, 0.25) is 0 Å². The van der Waals surface area contributed by atoms with Crippen molar-refractivity contribution in [2.75, 3.05) is 11.1 Å². The van der Waals surface area contributed by atoms with E-state index >= 15 is 0 Å². The molecule has 2 aliphatic rings. The van der Waals surface area contributed by atoms with Crippen LogP contribution in [-0.4, -0.2) is 25.6 Å². The molecule has 3 heterocycles. The molecule has 2 unspecified atom stereocenters. The van der Waals surface area contributed by atoms with Crippen LogP contribution in [0, 0.1) is 5.92 Å². The third-order valence-electron chi connectivity index (χ3n) is 7.75. The second kappa shape index (κ2) is 8.65. The highest BCUT2D eigenvalue weighted by Crippen LogP contribution is 2.39. The minimum atomic E-state index is 0.504. The van der Waals surface area contributed by atoms with Crippen molar-refractivity contribution in [3.8, 4) is 0 Å². The fourth-order valence-corrected chi connectivity index (χ4v) is 5.90. The second-order valence-corrected chi connectivity index (χ2v) is 9.94. The van der Waals surface area contributed by atoms with Gasteiger partial charge in [0.05, 0.1) is 10.9 Å². The molecule has 1 aromatic carbocycles. The van der Waals surface area contributed by atoms with Gasteiger partial charge in [-0.05, 0) is 80.7 Å². The molecule has 170 valence electrons. The standard InChI is InChI=1S/C27H32N6/c28-26-23-13-14-33(27(23)30-17-29-26)22-11-8-18(15-22)5-6-19-7-9-20-10-12-25(32-24(20)16-19)31-21-3-1-2-4-21/h7,9-10,12-14,16-18,21-22H,1-6,8,11,15H2,(H,31,32)(H2,28,29,30). The molecule has 2 aliphatic carbocycles. The maximum atomic E-state index is 6.02. The van der Waals surface area contributed by atoms with Crippen LogP contribution >= 0.6 is 0 Å². The monoisotopic (exact) mass is 440 g/mol. The first-order valence-electron chi connectivity index (χ1n) is 12.5. The maximum absolute atomic E-state index is 6.02. The SMILES string of the molecule is Nc1ncnc2c1ccn2C1CCC(CCc2ccc3ccc(NC4CCCC4)nc3c2)C1. The van der Waals surface area contributed by atoms with E-state index in [1.807, 2.05) is 0 Å². The van der Waals surface area contributed by atoms with Crippen LogP contribution in [0.5, 0.6) is 0 Å². The highest BCUT2D eigenvalue weighted by atomic mass is 15.1. The number of hydrogen-bond donors (Lipinski definition) is 2. The summed E-state index contributed by atoms with van der Waals surface area (Å²) in [6.07, 6.45) is 14.9. The van der Waals surface area contributed by atoms with Crippen LogP contribution in [0.15, 0.2) is 48.9 Å². The van der Waals surface area contributed by atoms with E-state index in [2.05, 4.69) is 62.4 Å². The topological polar surface area (TPSA) is 81.6 Å². The summed E-state index contributed by atoms with van der Waals surface area (Å²) in [5, 5.41) is 5.82. The van der Waals surface area contributed by atoms with Crippen molar-refractivity contribution < 1.29 is 0 Å². The van der Waals surface area contributed by atoms with Gasteiger partial charge >= 0.3 is 0 Å². The number of aryl methyl sites for hydroxylation is 1. The third-order valence-corrected chi connectivity index (χ3v) is 7.75. The number of nitrogens with zero attached hydrogens (tertiary/aromatic N) is 4. The number of pyridine rings is 1. The predicted octanol–water partition coefficient (Wildman–Crippen LogP) is 5.89. The van der Waals surface area contributed by atoms with Gasteiger partial charge in [-0.3, -0.25) is 0 Å². The number of rotatable bonds is 6. The Hall–Kier alpha value is -3.15. The molecule has 0 radical (unpaired) electrons. The number of nitrogens with two attached hydrogens (primary N) is 1. The summed E-state index contributed by atoms with van der Waals surface area (Å²) in [6.45, 7) is 0. The van der Waals surface area contributed by atoms with E-state index in [4.69, 9.17) is 10.7 Å². The van der Waals surface area contributed by atoms with Crippen LogP contribution < -0.4 is 11.1 Å². The molecule has 33 heavy (non-hydrogen) atoms. The summed E-state index contributed by atoms with van der Waals surface area (Å²) in [5.74, 6) is 2.33. The molecule has 2 atom stereocenters. The Labute approximate surface area is 194 Å². The number of nitrogen functional groups attached to an aromatic ring is 1. The lowest BCUT2D eigenvalue weighted by Crippen LogP contribution is -2.15. The predicted molar refractivity (Wildman–Crippen MR) is 134 cm³/mol. The molecule has 4 aromatic rings. The van der Waals surface area contributed by atoms with Crippen molar-refractivity contribution in [1.29, 1.82) is 0 Å². The minimum Gasteiger partial charge on any atom is -0.383 e. The quantitative estimate of drug-likeness (QED) is 0.391. The van der Waals surface area contributed by atoms with E-state index in [0.29, 0.717) is 17.9 Å². The van der Waals surface area contributed by atoms with Gasteiger partial charge in [-0.2, -0.15) is 0 Å². The molecule has 2 saturated carbocycles. The van der Waals surface area contributed by atoms with E-state index < -0.39 is 0 Å². The van der Waals surface area contributed by atoms with Crippen LogP contribution in [-0.2, 0) is 6.42 Å². The number of benzene rings is 1. The summed E-state index contributed by atoms with van der Waals surface area (Å²) in [5.41, 5.74) is 9.49. The van der Waals surface area contributed by atoms with Crippen molar-refractivity contribution in [3.63, 3.8) is 0 Å². The van der Waals surface area contributed by atoms with E-state index in [1.165, 1.54) is 62.3 Å². The zero-order chi connectivity index (χ0) is 22.2. The van der Waals surface area contributed by atoms with Crippen molar-refractivity contribution >= 4 is 33.6 Å². The maximum Gasteiger partial charge on any atom is 0.145 e. The molecular weight excluding hydrogens is 408 g/mol. The molecule has 0 bridgehead atoms. The molecular formula is C27H32N6. The Balaban J connectivity index is 1.11. The first-order chi connectivity index (χ1) is 16.2.